The van der Waals surface area contributed by atoms with Crippen LogP contribution in [0.2, 0.25) is 0 Å². The third-order valence-corrected chi connectivity index (χ3v) is 9.11. The number of hydrogen-bond donors (Lipinski definition) is 0. The molecule has 2 atom stereocenters. The summed E-state index contributed by atoms with van der Waals surface area (Å²) in [6, 6.07) is 14.8. The Labute approximate surface area is 264 Å². The van der Waals surface area contributed by atoms with Crippen molar-refractivity contribution in [1.29, 1.82) is 0 Å². The fourth-order valence-electron chi connectivity index (χ4n) is 6.90. The monoisotopic (exact) mass is 626 g/mol. The minimum Gasteiger partial charge on any atom is -1.00 e. The van der Waals surface area contributed by atoms with Crippen LogP contribution in [0, 0.1) is 22.7 Å². The Bertz CT molecular complexity index is 1190. The number of halogens is 2. The van der Waals surface area contributed by atoms with Crippen molar-refractivity contribution in [2.24, 2.45) is 22.7 Å². The maximum absolute atomic E-state index is 2.64. The molecule has 0 nitrogen and oxygen atoms in total. The van der Waals surface area contributed by atoms with E-state index < -0.39 is 0 Å². The normalized spacial score (nSPS) is 21.8. The molecule has 1 saturated carbocycles. The molecule has 0 saturated heterocycles. The topological polar surface area (TPSA) is 0 Å². The van der Waals surface area contributed by atoms with Gasteiger partial charge in [0, 0.05) is 11.8 Å². The zero-order chi connectivity index (χ0) is 25.7. The fraction of sp³-hybridized carbons (Fsp3) is 0.543. The minimum absolute atomic E-state index is 0. The molecular formula is C35H46Cl2Zr. The Morgan fingerprint density at radius 2 is 1.13 bits per heavy atom. The summed E-state index contributed by atoms with van der Waals surface area (Å²) in [5, 5.41) is 0. The van der Waals surface area contributed by atoms with E-state index in [-0.39, 0.29) is 72.7 Å². The Balaban J connectivity index is 0.00000169. The third kappa shape index (κ3) is 5.61. The number of rotatable bonds is 1. The van der Waals surface area contributed by atoms with Crippen molar-refractivity contribution >= 4 is 0 Å². The van der Waals surface area contributed by atoms with E-state index in [0.717, 1.165) is 0 Å². The summed E-state index contributed by atoms with van der Waals surface area (Å²) in [5.74, 6) is 1.62. The fourth-order valence-corrected chi connectivity index (χ4v) is 6.90. The van der Waals surface area contributed by atoms with Gasteiger partial charge in [0.25, 0.3) is 0 Å². The van der Waals surface area contributed by atoms with E-state index in [9.17, 15) is 0 Å². The van der Waals surface area contributed by atoms with Crippen molar-refractivity contribution in [3.05, 3.63) is 82.0 Å². The summed E-state index contributed by atoms with van der Waals surface area (Å²) >= 11 is 0. The van der Waals surface area contributed by atoms with Crippen LogP contribution in [0.25, 0.3) is 11.1 Å². The van der Waals surface area contributed by atoms with Gasteiger partial charge in [-0.1, -0.05) is 130 Å². The van der Waals surface area contributed by atoms with Crippen LogP contribution >= 0.6 is 0 Å². The van der Waals surface area contributed by atoms with E-state index >= 15 is 0 Å². The summed E-state index contributed by atoms with van der Waals surface area (Å²) in [4.78, 5) is 0. The maximum Gasteiger partial charge on any atom is 2.00 e. The van der Waals surface area contributed by atoms with E-state index in [2.05, 4.69) is 125 Å². The standard InChI is InChI=1S/C35H46.2ClH.Zr/c1-32(2,3)21-12-14-24-26(16-21)27-17-22(33(4,5)6)13-15-25(27)31(24)29-20-35(10,11)30-19-23(18-28(29)30)34(7,8)9;;;/h12-19,28-29,31H,20H2,1-11H3;2*1H;/q;;;+2/p-2. The molecule has 0 amide bonds. The first-order valence-corrected chi connectivity index (χ1v) is 13.7. The molecule has 0 aromatic heterocycles. The average Bonchev–Trinajstić information content (AvgIpc) is 3.36. The number of allylic oxidation sites excluding steroid dienone is 4. The van der Waals surface area contributed by atoms with Gasteiger partial charge in [-0.15, -0.1) is 0 Å². The molecule has 0 N–H and O–H groups in total. The first-order valence-electron chi connectivity index (χ1n) is 13.7. The van der Waals surface area contributed by atoms with Crippen LogP contribution in [0.3, 0.4) is 0 Å². The average molecular weight is 629 g/mol. The second kappa shape index (κ2) is 10.7. The molecule has 0 radical (unpaired) electrons. The van der Waals surface area contributed by atoms with Crippen LogP contribution in [-0.2, 0) is 37.0 Å². The zero-order valence-electron chi connectivity index (χ0n) is 25.3. The molecule has 3 aliphatic rings. The van der Waals surface area contributed by atoms with Gasteiger partial charge in [0.15, 0.2) is 0 Å². The Kier molecular flexibility index (Phi) is 9.42. The molecule has 2 aromatic rings. The van der Waals surface area contributed by atoms with Gasteiger partial charge in [0.05, 0.1) is 0 Å². The summed E-state index contributed by atoms with van der Waals surface area (Å²) in [6.45, 7) is 26.1. The zero-order valence-corrected chi connectivity index (χ0v) is 29.3. The second-order valence-electron chi connectivity index (χ2n) is 15.3. The van der Waals surface area contributed by atoms with Crippen molar-refractivity contribution < 1.29 is 51.0 Å². The maximum atomic E-state index is 2.64. The third-order valence-electron chi connectivity index (χ3n) is 9.11. The first kappa shape index (κ1) is 33.6. The Hall–Kier alpha value is -0.617. The van der Waals surface area contributed by atoms with Gasteiger partial charge in [0.2, 0.25) is 0 Å². The molecule has 204 valence electrons. The quantitative estimate of drug-likeness (QED) is 0.449. The van der Waals surface area contributed by atoms with E-state index in [1.165, 1.54) is 34.2 Å². The largest absolute Gasteiger partial charge is 2.00 e. The van der Waals surface area contributed by atoms with Crippen molar-refractivity contribution in [1.82, 2.24) is 0 Å². The summed E-state index contributed by atoms with van der Waals surface area (Å²) < 4.78 is 0. The molecule has 1 fully saturated rings. The SMILES string of the molecule is CC(C)(C)C1=CC2C(=C1)C(C)(C)CC2C1c2ccc(C(C)(C)C)cc2-c2cc(C(C)(C)C)ccc21.[Cl-].[Cl-].[Zr+2]. The van der Waals surface area contributed by atoms with Gasteiger partial charge >= 0.3 is 26.2 Å². The first-order chi connectivity index (χ1) is 16.0. The molecule has 5 rings (SSSR count). The summed E-state index contributed by atoms with van der Waals surface area (Å²) in [7, 11) is 0. The van der Waals surface area contributed by atoms with Gasteiger partial charge in [-0.3, -0.25) is 0 Å². The molecule has 0 spiro atoms. The van der Waals surface area contributed by atoms with E-state index in [1.54, 1.807) is 16.7 Å². The predicted molar refractivity (Wildman–Crippen MR) is 152 cm³/mol. The van der Waals surface area contributed by atoms with Crippen molar-refractivity contribution in [2.45, 2.75) is 99.3 Å². The smallest absolute Gasteiger partial charge is 1.00 e. The second-order valence-corrected chi connectivity index (χ2v) is 15.3. The molecule has 2 aromatic carbocycles. The summed E-state index contributed by atoms with van der Waals surface area (Å²) in [5.41, 5.74) is 12.9. The van der Waals surface area contributed by atoms with Gasteiger partial charge in [0.1, 0.15) is 0 Å². The van der Waals surface area contributed by atoms with Gasteiger partial charge in [-0.2, -0.15) is 0 Å². The van der Waals surface area contributed by atoms with Crippen LogP contribution in [0.5, 0.6) is 0 Å². The molecule has 38 heavy (non-hydrogen) atoms. The van der Waals surface area contributed by atoms with E-state index in [1.807, 2.05) is 0 Å². The van der Waals surface area contributed by atoms with Crippen LogP contribution < -0.4 is 24.8 Å². The van der Waals surface area contributed by atoms with Crippen LogP contribution in [0.4, 0.5) is 0 Å². The van der Waals surface area contributed by atoms with Gasteiger partial charge in [-0.05, 0) is 73.0 Å². The molecule has 0 bridgehead atoms. The van der Waals surface area contributed by atoms with Crippen LogP contribution in [0.1, 0.15) is 111 Å². The Morgan fingerprint density at radius 1 is 0.684 bits per heavy atom. The Morgan fingerprint density at radius 3 is 1.53 bits per heavy atom. The number of fused-ring (bicyclic) bond motifs is 4. The predicted octanol–water partition coefficient (Wildman–Crippen LogP) is 3.97. The number of hydrogen-bond acceptors (Lipinski definition) is 0. The van der Waals surface area contributed by atoms with Crippen molar-refractivity contribution in [3.8, 4) is 11.1 Å². The molecule has 2 unspecified atom stereocenters. The van der Waals surface area contributed by atoms with Crippen LogP contribution in [0.15, 0.2) is 59.7 Å². The molecule has 0 heterocycles. The molecule has 3 aliphatic carbocycles. The van der Waals surface area contributed by atoms with E-state index in [0.29, 0.717) is 17.8 Å². The molecule has 3 heteroatoms. The summed E-state index contributed by atoms with van der Waals surface area (Å²) in [6.07, 6.45) is 6.45. The van der Waals surface area contributed by atoms with Crippen LogP contribution in [-0.4, -0.2) is 0 Å². The molecule has 0 aliphatic heterocycles. The van der Waals surface area contributed by atoms with Crippen molar-refractivity contribution in [3.63, 3.8) is 0 Å². The van der Waals surface area contributed by atoms with Gasteiger partial charge < -0.3 is 24.8 Å². The minimum atomic E-state index is 0. The van der Waals surface area contributed by atoms with E-state index in [4.69, 9.17) is 0 Å². The van der Waals surface area contributed by atoms with Crippen molar-refractivity contribution in [2.75, 3.05) is 0 Å². The van der Waals surface area contributed by atoms with Gasteiger partial charge in [-0.25, -0.2) is 0 Å². The molecular weight excluding hydrogens is 583 g/mol. The number of benzene rings is 2.